The third kappa shape index (κ3) is 3.60. The van der Waals surface area contributed by atoms with Gasteiger partial charge in [-0.05, 0) is 55.3 Å². The number of benzene rings is 1. The first kappa shape index (κ1) is 15.0. The lowest BCUT2D eigenvalue weighted by Crippen LogP contribution is -2.15. The normalized spacial score (nSPS) is 13.2. The van der Waals surface area contributed by atoms with Crippen molar-refractivity contribution in [2.75, 3.05) is 6.54 Å². The van der Waals surface area contributed by atoms with Crippen LogP contribution in [0.25, 0.3) is 11.0 Å². The van der Waals surface area contributed by atoms with Gasteiger partial charge < -0.3 is 10.7 Å². The maximum atomic E-state index is 5.71. The van der Waals surface area contributed by atoms with Gasteiger partial charge in [0.25, 0.3) is 0 Å². The Morgan fingerprint density at radius 1 is 1.25 bits per heavy atom. The van der Waals surface area contributed by atoms with Gasteiger partial charge in [0.15, 0.2) is 0 Å². The van der Waals surface area contributed by atoms with E-state index < -0.39 is 0 Å². The maximum absolute atomic E-state index is 5.71. The van der Waals surface area contributed by atoms with Crippen molar-refractivity contribution in [2.24, 2.45) is 17.6 Å². The zero-order valence-electron chi connectivity index (χ0n) is 12.9. The molecular weight excluding hydrogens is 246 g/mol. The van der Waals surface area contributed by atoms with Crippen LogP contribution in [0.4, 0.5) is 0 Å². The zero-order chi connectivity index (χ0) is 14.5. The summed E-state index contributed by atoms with van der Waals surface area (Å²) in [5.74, 6) is 2.49. The largest absolute Gasteiger partial charge is 0.342 e. The van der Waals surface area contributed by atoms with Gasteiger partial charge in [0.1, 0.15) is 5.82 Å². The molecule has 3 N–H and O–H groups in total. The molecule has 2 aromatic rings. The molecule has 0 radical (unpaired) electrons. The molecular formula is C17H27N3. The summed E-state index contributed by atoms with van der Waals surface area (Å²) in [5, 5.41) is 0. The van der Waals surface area contributed by atoms with Crippen LogP contribution in [0.3, 0.4) is 0 Å². The van der Waals surface area contributed by atoms with E-state index in [1.54, 1.807) is 0 Å². The van der Waals surface area contributed by atoms with Gasteiger partial charge in [-0.3, -0.25) is 0 Å². The summed E-state index contributed by atoms with van der Waals surface area (Å²) in [5.41, 5.74) is 9.31. The Hall–Kier alpha value is -1.35. The number of aryl methyl sites for hydroxylation is 2. The van der Waals surface area contributed by atoms with Crippen LogP contribution in [0, 0.1) is 11.8 Å². The van der Waals surface area contributed by atoms with Gasteiger partial charge in [0.05, 0.1) is 11.0 Å². The summed E-state index contributed by atoms with van der Waals surface area (Å²) in [6.45, 7) is 7.53. The average Bonchev–Trinajstić information content (AvgIpc) is 2.84. The van der Waals surface area contributed by atoms with Gasteiger partial charge in [-0.1, -0.05) is 26.8 Å². The van der Waals surface area contributed by atoms with E-state index in [1.165, 1.54) is 11.1 Å². The average molecular weight is 273 g/mol. The van der Waals surface area contributed by atoms with Crippen LogP contribution in [-0.2, 0) is 12.8 Å². The summed E-state index contributed by atoms with van der Waals surface area (Å²) in [6, 6.07) is 6.50. The van der Waals surface area contributed by atoms with Gasteiger partial charge >= 0.3 is 0 Å². The van der Waals surface area contributed by atoms with Crippen molar-refractivity contribution in [3.05, 3.63) is 29.6 Å². The molecule has 0 saturated carbocycles. The molecule has 1 atom stereocenters. The summed E-state index contributed by atoms with van der Waals surface area (Å²) in [4.78, 5) is 8.16. The van der Waals surface area contributed by atoms with Crippen molar-refractivity contribution in [1.29, 1.82) is 0 Å². The molecule has 0 aliphatic heterocycles. The second-order valence-corrected chi connectivity index (χ2v) is 6.01. The van der Waals surface area contributed by atoms with Gasteiger partial charge in [-0.15, -0.1) is 0 Å². The van der Waals surface area contributed by atoms with E-state index in [4.69, 9.17) is 10.7 Å². The fraction of sp³-hybridized carbons (Fsp3) is 0.588. The van der Waals surface area contributed by atoms with Crippen LogP contribution in [0.1, 0.15) is 45.0 Å². The van der Waals surface area contributed by atoms with Crippen molar-refractivity contribution in [3.8, 4) is 0 Å². The SMILES string of the molecule is CCc1ccc2nc(CCC(CCN)C(C)C)[nH]c2c1. The van der Waals surface area contributed by atoms with E-state index >= 15 is 0 Å². The molecule has 1 aromatic carbocycles. The lowest BCUT2D eigenvalue weighted by molar-refractivity contribution is 0.339. The number of hydrogen-bond donors (Lipinski definition) is 2. The highest BCUT2D eigenvalue weighted by atomic mass is 14.9. The molecule has 3 heteroatoms. The Morgan fingerprint density at radius 3 is 2.70 bits per heavy atom. The van der Waals surface area contributed by atoms with E-state index in [0.717, 1.165) is 43.6 Å². The van der Waals surface area contributed by atoms with E-state index in [9.17, 15) is 0 Å². The highest BCUT2D eigenvalue weighted by Gasteiger charge is 2.13. The molecule has 0 bridgehead atoms. The van der Waals surface area contributed by atoms with Crippen LogP contribution in [0.5, 0.6) is 0 Å². The van der Waals surface area contributed by atoms with Crippen LogP contribution < -0.4 is 5.73 Å². The van der Waals surface area contributed by atoms with Crippen molar-refractivity contribution >= 4 is 11.0 Å². The van der Waals surface area contributed by atoms with E-state index in [1.807, 2.05) is 0 Å². The second kappa shape index (κ2) is 6.89. The second-order valence-electron chi connectivity index (χ2n) is 6.01. The summed E-state index contributed by atoms with van der Waals surface area (Å²) < 4.78 is 0. The number of hydrogen-bond acceptors (Lipinski definition) is 2. The monoisotopic (exact) mass is 273 g/mol. The molecule has 1 aromatic heterocycles. The van der Waals surface area contributed by atoms with Crippen LogP contribution in [0.15, 0.2) is 18.2 Å². The van der Waals surface area contributed by atoms with Crippen molar-refractivity contribution < 1.29 is 0 Å². The molecule has 0 saturated heterocycles. The van der Waals surface area contributed by atoms with Gasteiger partial charge in [0.2, 0.25) is 0 Å². The molecule has 0 amide bonds. The highest BCUT2D eigenvalue weighted by Crippen LogP contribution is 2.21. The van der Waals surface area contributed by atoms with E-state index in [0.29, 0.717) is 11.8 Å². The Morgan fingerprint density at radius 2 is 2.05 bits per heavy atom. The third-order valence-corrected chi connectivity index (χ3v) is 4.24. The fourth-order valence-corrected chi connectivity index (χ4v) is 2.80. The molecule has 1 heterocycles. The minimum absolute atomic E-state index is 0.689. The third-order valence-electron chi connectivity index (χ3n) is 4.24. The molecule has 0 aliphatic rings. The lowest BCUT2D eigenvalue weighted by Gasteiger charge is -2.19. The topological polar surface area (TPSA) is 54.7 Å². The molecule has 3 nitrogen and oxygen atoms in total. The summed E-state index contributed by atoms with van der Waals surface area (Å²) in [7, 11) is 0. The lowest BCUT2D eigenvalue weighted by atomic mass is 9.88. The number of nitrogens with zero attached hydrogens (tertiary/aromatic N) is 1. The predicted molar refractivity (Wildman–Crippen MR) is 85.8 cm³/mol. The van der Waals surface area contributed by atoms with Crippen LogP contribution in [-0.4, -0.2) is 16.5 Å². The van der Waals surface area contributed by atoms with Gasteiger partial charge in [-0.2, -0.15) is 0 Å². The standard InChI is InChI=1S/C17H27N3/c1-4-13-5-7-15-16(11-13)20-17(19-15)8-6-14(9-10-18)12(2)3/h5,7,11-12,14H,4,6,8-10,18H2,1-3H3,(H,19,20). The fourth-order valence-electron chi connectivity index (χ4n) is 2.80. The molecule has 110 valence electrons. The summed E-state index contributed by atoms with van der Waals surface area (Å²) in [6.07, 6.45) is 4.35. The van der Waals surface area contributed by atoms with Crippen LogP contribution >= 0.6 is 0 Å². The number of aromatic nitrogens is 2. The molecule has 0 spiro atoms. The number of fused-ring (bicyclic) bond motifs is 1. The van der Waals surface area contributed by atoms with E-state index in [2.05, 4.69) is 44.0 Å². The zero-order valence-corrected chi connectivity index (χ0v) is 12.9. The van der Waals surface area contributed by atoms with Crippen molar-refractivity contribution in [2.45, 2.75) is 46.5 Å². The van der Waals surface area contributed by atoms with Gasteiger partial charge in [-0.25, -0.2) is 4.98 Å². The minimum Gasteiger partial charge on any atom is -0.342 e. The number of imidazole rings is 1. The number of aromatic amines is 1. The Kier molecular flexibility index (Phi) is 5.18. The van der Waals surface area contributed by atoms with Gasteiger partial charge in [0, 0.05) is 6.42 Å². The number of H-pyrrole nitrogens is 1. The molecule has 2 rings (SSSR count). The number of rotatable bonds is 7. The summed E-state index contributed by atoms with van der Waals surface area (Å²) >= 11 is 0. The first-order valence-corrected chi connectivity index (χ1v) is 7.81. The first-order valence-electron chi connectivity index (χ1n) is 7.81. The predicted octanol–water partition coefficient (Wildman–Crippen LogP) is 3.68. The van der Waals surface area contributed by atoms with E-state index in [-0.39, 0.29) is 0 Å². The smallest absolute Gasteiger partial charge is 0.107 e. The molecule has 0 fully saturated rings. The Labute approximate surface area is 122 Å². The molecule has 1 unspecified atom stereocenters. The van der Waals surface area contributed by atoms with Crippen molar-refractivity contribution in [1.82, 2.24) is 9.97 Å². The maximum Gasteiger partial charge on any atom is 0.107 e. The first-order chi connectivity index (χ1) is 9.63. The minimum atomic E-state index is 0.689. The van der Waals surface area contributed by atoms with Crippen LogP contribution in [0.2, 0.25) is 0 Å². The number of nitrogens with one attached hydrogen (secondary N) is 1. The highest BCUT2D eigenvalue weighted by molar-refractivity contribution is 5.75. The van der Waals surface area contributed by atoms with Crippen molar-refractivity contribution in [3.63, 3.8) is 0 Å². The number of nitrogens with two attached hydrogens (primary N) is 1. The molecule has 0 aliphatic carbocycles. The molecule has 20 heavy (non-hydrogen) atoms. The Bertz CT molecular complexity index is 542. The Balaban J connectivity index is 2.06. The quantitative estimate of drug-likeness (QED) is 0.808.